The van der Waals surface area contributed by atoms with Crippen LogP contribution in [0.4, 0.5) is 10.2 Å². The molecule has 3 aromatic heterocycles. The van der Waals surface area contributed by atoms with E-state index in [-0.39, 0.29) is 22.6 Å². The highest BCUT2D eigenvalue weighted by atomic mass is 19.1. The molecule has 8 heteroatoms. The molecule has 5 rings (SSSR count). The average Bonchev–Trinajstić information content (AvgIpc) is 3.12. The lowest BCUT2D eigenvalue weighted by Crippen LogP contribution is -2.16. The maximum Gasteiger partial charge on any atom is 0.258 e. The van der Waals surface area contributed by atoms with Crippen LogP contribution >= 0.6 is 0 Å². The van der Waals surface area contributed by atoms with Crippen molar-refractivity contribution < 1.29 is 14.3 Å². The number of pyridine rings is 2. The summed E-state index contributed by atoms with van der Waals surface area (Å²) in [5.41, 5.74) is 2.14. The summed E-state index contributed by atoms with van der Waals surface area (Å²) in [6, 6.07) is 15.3. The minimum Gasteiger partial charge on any atom is -0.508 e. The zero-order valence-electron chi connectivity index (χ0n) is 16.9. The fraction of sp³-hybridized carbons (Fsp3) is 0.0417. The number of amides is 1. The van der Waals surface area contributed by atoms with Gasteiger partial charge in [0.2, 0.25) is 0 Å². The van der Waals surface area contributed by atoms with Crippen LogP contribution in [0, 0.1) is 12.7 Å². The molecule has 3 N–H and O–H groups in total. The van der Waals surface area contributed by atoms with Crippen LogP contribution in [-0.4, -0.2) is 25.4 Å². The molecule has 0 aliphatic rings. The lowest BCUT2D eigenvalue weighted by molar-refractivity contribution is 0.102. The molecular formula is C24H17FN4O3. The second-order valence-corrected chi connectivity index (χ2v) is 7.44. The third-order valence-electron chi connectivity index (χ3n) is 5.25. The highest BCUT2D eigenvalue weighted by Crippen LogP contribution is 2.30. The van der Waals surface area contributed by atoms with Crippen LogP contribution in [0.1, 0.15) is 15.9 Å². The molecule has 0 aliphatic carbocycles. The third kappa shape index (κ3) is 3.27. The van der Waals surface area contributed by atoms with Gasteiger partial charge in [-0.15, -0.1) is 0 Å². The highest BCUT2D eigenvalue weighted by molar-refractivity contribution is 6.06. The number of H-pyrrole nitrogens is 1. The molecule has 32 heavy (non-hydrogen) atoms. The topological polar surface area (TPSA) is 99.5 Å². The molecule has 1 amide bonds. The van der Waals surface area contributed by atoms with Gasteiger partial charge in [-0.3, -0.25) is 14.0 Å². The number of nitrogens with zero attached hydrogens (tertiary/aromatic N) is 2. The van der Waals surface area contributed by atoms with E-state index in [1.807, 2.05) is 13.0 Å². The summed E-state index contributed by atoms with van der Waals surface area (Å²) in [5.74, 6) is -0.730. The number of carbonyl (C=O) groups excluding carboxylic acids is 1. The quantitative estimate of drug-likeness (QED) is 0.400. The number of phenolic OH excluding ortho intramolecular Hbond substituents is 1. The molecule has 2 aromatic carbocycles. The summed E-state index contributed by atoms with van der Waals surface area (Å²) < 4.78 is 15.3. The Morgan fingerprint density at radius 2 is 1.97 bits per heavy atom. The molecule has 3 heterocycles. The molecule has 0 saturated heterocycles. The van der Waals surface area contributed by atoms with Crippen molar-refractivity contribution >= 4 is 28.3 Å². The second kappa shape index (κ2) is 7.35. The largest absolute Gasteiger partial charge is 0.508 e. The van der Waals surface area contributed by atoms with Crippen molar-refractivity contribution in [3.05, 3.63) is 94.2 Å². The fourth-order valence-electron chi connectivity index (χ4n) is 3.69. The first-order chi connectivity index (χ1) is 15.4. The van der Waals surface area contributed by atoms with Crippen molar-refractivity contribution in [3.63, 3.8) is 0 Å². The zero-order chi connectivity index (χ0) is 22.4. The molecular weight excluding hydrogens is 411 g/mol. The fourth-order valence-corrected chi connectivity index (χ4v) is 3.69. The van der Waals surface area contributed by atoms with Crippen molar-refractivity contribution in [3.8, 4) is 17.0 Å². The number of halogens is 1. The van der Waals surface area contributed by atoms with Crippen LogP contribution in [0.2, 0.25) is 0 Å². The van der Waals surface area contributed by atoms with E-state index in [2.05, 4.69) is 15.3 Å². The molecule has 0 spiro atoms. The molecule has 0 bridgehead atoms. The summed E-state index contributed by atoms with van der Waals surface area (Å²) in [6.45, 7) is 1.87. The monoisotopic (exact) mass is 428 g/mol. The van der Waals surface area contributed by atoms with E-state index in [9.17, 15) is 19.1 Å². The second-order valence-electron chi connectivity index (χ2n) is 7.44. The number of rotatable bonds is 3. The summed E-state index contributed by atoms with van der Waals surface area (Å²) >= 11 is 0. The van der Waals surface area contributed by atoms with Gasteiger partial charge in [-0.1, -0.05) is 12.1 Å². The van der Waals surface area contributed by atoms with Crippen LogP contribution < -0.4 is 10.9 Å². The number of aryl methyl sites for hydroxylation is 1. The van der Waals surface area contributed by atoms with Gasteiger partial charge >= 0.3 is 0 Å². The van der Waals surface area contributed by atoms with Gasteiger partial charge in [-0.05, 0) is 60.3 Å². The minimum atomic E-state index is -0.531. The molecule has 0 aliphatic heterocycles. The number of aromatic hydroxyl groups is 1. The standard InChI is InChI=1S/C24H17FN4O3/c1-13-4-3-9-29-21(13)27-20(22(29)28-23(31)15-5-2-6-16(25)10-15)18-11-14-7-8-17(30)12-19(14)26-24(18)32/h2-12,30H,1H3,(H,26,32)(H,28,31). The van der Waals surface area contributed by atoms with E-state index in [0.717, 1.165) is 11.6 Å². The number of nitrogens with one attached hydrogen (secondary N) is 2. The summed E-state index contributed by atoms with van der Waals surface area (Å²) in [5, 5.41) is 13.2. The van der Waals surface area contributed by atoms with Gasteiger partial charge < -0.3 is 15.4 Å². The first-order valence-corrected chi connectivity index (χ1v) is 9.82. The van der Waals surface area contributed by atoms with E-state index >= 15 is 0 Å². The van der Waals surface area contributed by atoms with Gasteiger partial charge in [0.1, 0.15) is 28.7 Å². The normalized spacial score (nSPS) is 11.2. The first kappa shape index (κ1) is 19.5. The summed E-state index contributed by atoms with van der Waals surface area (Å²) in [6.07, 6.45) is 1.73. The molecule has 0 unspecified atom stereocenters. The number of phenols is 1. The predicted molar refractivity (Wildman–Crippen MR) is 120 cm³/mol. The van der Waals surface area contributed by atoms with E-state index in [4.69, 9.17) is 0 Å². The number of hydrogen-bond donors (Lipinski definition) is 3. The van der Waals surface area contributed by atoms with E-state index in [1.54, 1.807) is 28.8 Å². The van der Waals surface area contributed by atoms with Crippen molar-refractivity contribution in [1.29, 1.82) is 0 Å². The Balaban J connectivity index is 1.72. The molecule has 5 aromatic rings. The van der Waals surface area contributed by atoms with Crippen LogP contribution in [0.15, 0.2) is 71.7 Å². The van der Waals surface area contributed by atoms with Crippen LogP contribution in [-0.2, 0) is 0 Å². The molecule has 0 atom stereocenters. The Labute approximate surface area is 180 Å². The van der Waals surface area contributed by atoms with Gasteiger partial charge in [0, 0.05) is 17.8 Å². The number of hydrogen-bond acceptors (Lipinski definition) is 4. The zero-order valence-corrected chi connectivity index (χ0v) is 16.9. The Morgan fingerprint density at radius 3 is 2.78 bits per heavy atom. The van der Waals surface area contributed by atoms with Gasteiger partial charge in [-0.25, -0.2) is 9.37 Å². The highest BCUT2D eigenvalue weighted by Gasteiger charge is 2.21. The molecule has 0 radical (unpaired) electrons. The number of imidazole rings is 1. The SMILES string of the molecule is Cc1cccn2c(NC(=O)c3cccc(F)c3)c(-c3cc4ccc(O)cc4[nH]c3=O)nc12. The number of anilines is 1. The van der Waals surface area contributed by atoms with Gasteiger partial charge in [-0.2, -0.15) is 0 Å². The van der Waals surface area contributed by atoms with E-state index in [0.29, 0.717) is 22.4 Å². The molecule has 7 nitrogen and oxygen atoms in total. The van der Waals surface area contributed by atoms with Gasteiger partial charge in [0.05, 0.1) is 11.1 Å². The first-order valence-electron chi connectivity index (χ1n) is 9.82. The van der Waals surface area contributed by atoms with Gasteiger partial charge in [0.25, 0.3) is 11.5 Å². The Morgan fingerprint density at radius 1 is 1.12 bits per heavy atom. The maximum absolute atomic E-state index is 13.6. The van der Waals surface area contributed by atoms with Crippen LogP contribution in [0.3, 0.4) is 0 Å². The van der Waals surface area contributed by atoms with Crippen molar-refractivity contribution in [2.24, 2.45) is 0 Å². The number of benzene rings is 2. The van der Waals surface area contributed by atoms with Crippen molar-refractivity contribution in [2.75, 3.05) is 5.32 Å². The predicted octanol–water partition coefficient (Wildman–Crippen LogP) is 4.25. The number of carbonyl (C=O) groups is 1. The van der Waals surface area contributed by atoms with Crippen LogP contribution in [0.5, 0.6) is 5.75 Å². The Kier molecular flexibility index (Phi) is 4.48. The van der Waals surface area contributed by atoms with Crippen molar-refractivity contribution in [2.45, 2.75) is 6.92 Å². The summed E-state index contributed by atoms with van der Waals surface area (Å²) in [4.78, 5) is 33.2. The lowest BCUT2D eigenvalue weighted by atomic mass is 10.1. The number of aromatic nitrogens is 3. The summed E-state index contributed by atoms with van der Waals surface area (Å²) in [7, 11) is 0. The van der Waals surface area contributed by atoms with Gasteiger partial charge in [0.15, 0.2) is 0 Å². The average molecular weight is 428 g/mol. The number of fused-ring (bicyclic) bond motifs is 2. The smallest absolute Gasteiger partial charge is 0.258 e. The van der Waals surface area contributed by atoms with Crippen LogP contribution in [0.25, 0.3) is 27.8 Å². The molecule has 158 valence electrons. The Hall–Kier alpha value is -4.46. The molecule has 0 fully saturated rings. The number of aromatic amines is 1. The Bertz CT molecular complexity index is 1590. The maximum atomic E-state index is 13.6. The minimum absolute atomic E-state index is 0.0345. The third-order valence-corrected chi connectivity index (χ3v) is 5.25. The van der Waals surface area contributed by atoms with Crippen molar-refractivity contribution in [1.82, 2.24) is 14.4 Å². The molecule has 0 saturated carbocycles. The van der Waals surface area contributed by atoms with E-state index in [1.165, 1.54) is 30.3 Å². The van der Waals surface area contributed by atoms with E-state index < -0.39 is 17.3 Å². The lowest BCUT2D eigenvalue weighted by Gasteiger charge is -2.09.